The molecule has 0 bridgehead atoms. The Kier molecular flexibility index (Phi) is 8.10. The molecule has 2 aromatic rings. The van der Waals surface area contributed by atoms with E-state index in [1.54, 1.807) is 24.3 Å². The summed E-state index contributed by atoms with van der Waals surface area (Å²) in [4.78, 5) is 25.4. The Morgan fingerprint density at radius 3 is 2.45 bits per heavy atom. The van der Waals surface area contributed by atoms with E-state index in [4.69, 9.17) is 5.26 Å². The smallest absolute Gasteiger partial charge is 0.251 e. The molecule has 0 heterocycles. The van der Waals surface area contributed by atoms with E-state index in [1.807, 2.05) is 45.0 Å². The van der Waals surface area contributed by atoms with E-state index in [0.29, 0.717) is 17.0 Å². The Morgan fingerprint density at radius 2 is 1.79 bits per heavy atom. The van der Waals surface area contributed by atoms with E-state index in [9.17, 15) is 9.59 Å². The average molecular weight is 411 g/mol. The molecular formula is C22H26N4O2S. The van der Waals surface area contributed by atoms with Crippen molar-refractivity contribution in [2.75, 3.05) is 22.9 Å². The van der Waals surface area contributed by atoms with Gasteiger partial charge in [-0.05, 0) is 56.7 Å². The van der Waals surface area contributed by atoms with Gasteiger partial charge in [0.05, 0.1) is 24.1 Å². The normalized spacial score (nSPS) is 10.7. The van der Waals surface area contributed by atoms with Crippen molar-refractivity contribution in [3.8, 4) is 6.07 Å². The Bertz CT molecular complexity index is 888. The minimum atomic E-state index is -0.256. The number of hydrogen-bond acceptors (Lipinski definition) is 5. The second-order valence-corrected chi connectivity index (χ2v) is 8.13. The van der Waals surface area contributed by atoms with Crippen LogP contribution in [0.1, 0.15) is 37.6 Å². The molecule has 7 heteroatoms. The fourth-order valence-electron chi connectivity index (χ4n) is 2.39. The van der Waals surface area contributed by atoms with Crippen molar-refractivity contribution in [3.05, 3.63) is 54.1 Å². The average Bonchev–Trinajstić information content (AvgIpc) is 2.71. The molecule has 0 radical (unpaired) electrons. The Hall–Kier alpha value is -2.98. The second-order valence-electron chi connectivity index (χ2n) is 7.11. The van der Waals surface area contributed by atoms with E-state index in [0.717, 1.165) is 17.0 Å². The maximum Gasteiger partial charge on any atom is 0.251 e. The number of nitriles is 1. The van der Waals surface area contributed by atoms with Crippen molar-refractivity contribution < 1.29 is 9.59 Å². The van der Waals surface area contributed by atoms with Crippen molar-refractivity contribution >= 4 is 35.0 Å². The van der Waals surface area contributed by atoms with Crippen molar-refractivity contribution in [2.45, 2.75) is 37.6 Å². The van der Waals surface area contributed by atoms with E-state index < -0.39 is 0 Å². The van der Waals surface area contributed by atoms with Gasteiger partial charge < -0.3 is 16.0 Å². The Balaban J connectivity index is 1.90. The molecule has 6 nitrogen and oxygen atoms in total. The zero-order valence-electron chi connectivity index (χ0n) is 16.9. The summed E-state index contributed by atoms with van der Waals surface area (Å²) in [6.07, 6.45) is 0.839. The summed E-state index contributed by atoms with van der Waals surface area (Å²) in [5, 5.41) is 17.6. The highest BCUT2D eigenvalue weighted by atomic mass is 32.2. The molecule has 0 aliphatic carbocycles. The summed E-state index contributed by atoms with van der Waals surface area (Å²) in [5.41, 5.74) is 1.75. The largest absolute Gasteiger partial charge is 0.376 e. The van der Waals surface area contributed by atoms with E-state index in [1.165, 1.54) is 11.8 Å². The van der Waals surface area contributed by atoms with Crippen molar-refractivity contribution in [1.29, 1.82) is 5.26 Å². The SMILES string of the molecule is CCC(C)(C)NC(=O)c1ccc(NCC(=O)Nc2ccccc2SCC#N)cc1. The topological polar surface area (TPSA) is 94.0 Å². The highest BCUT2D eigenvalue weighted by Gasteiger charge is 2.18. The number of hydrogen-bond donors (Lipinski definition) is 3. The fourth-order valence-corrected chi connectivity index (χ4v) is 3.06. The van der Waals surface area contributed by atoms with Crippen LogP contribution in [0.25, 0.3) is 0 Å². The summed E-state index contributed by atoms with van der Waals surface area (Å²) in [5.74, 6) is 0.00896. The first kappa shape index (κ1) is 22.3. The molecule has 152 valence electrons. The standard InChI is InChI=1S/C22H26N4O2S/c1-4-22(2,3)26-21(28)16-9-11-17(12-10-16)24-15-20(27)25-18-7-5-6-8-19(18)29-14-13-23/h5-12,24H,4,14-15H2,1-3H3,(H,25,27)(H,26,28). The summed E-state index contributed by atoms with van der Waals surface area (Å²) >= 11 is 1.38. The maximum atomic E-state index is 12.3. The number of rotatable bonds is 9. The molecule has 0 fully saturated rings. The molecular weight excluding hydrogens is 384 g/mol. The molecule has 2 amide bonds. The maximum absolute atomic E-state index is 12.3. The minimum absolute atomic E-state index is 0.0889. The van der Waals surface area contributed by atoms with Gasteiger partial charge in [-0.15, -0.1) is 11.8 Å². The number of benzene rings is 2. The van der Waals surface area contributed by atoms with E-state index in [2.05, 4.69) is 22.0 Å². The van der Waals surface area contributed by atoms with Crippen LogP contribution in [0, 0.1) is 11.3 Å². The highest BCUT2D eigenvalue weighted by Crippen LogP contribution is 2.26. The molecule has 29 heavy (non-hydrogen) atoms. The number of thioether (sulfide) groups is 1. The van der Waals surface area contributed by atoms with Gasteiger partial charge in [0.2, 0.25) is 5.91 Å². The van der Waals surface area contributed by atoms with Gasteiger partial charge in [0.15, 0.2) is 0 Å². The number of anilines is 2. The first-order valence-corrected chi connectivity index (χ1v) is 10.4. The summed E-state index contributed by atoms with van der Waals surface area (Å²) in [7, 11) is 0. The third kappa shape index (κ3) is 7.16. The van der Waals surface area contributed by atoms with Gasteiger partial charge in [-0.25, -0.2) is 0 Å². The third-order valence-corrected chi connectivity index (χ3v) is 5.33. The van der Waals surface area contributed by atoms with Crippen LogP contribution in [0.5, 0.6) is 0 Å². The number of amides is 2. The minimum Gasteiger partial charge on any atom is -0.376 e. The molecule has 0 aliphatic rings. The van der Waals surface area contributed by atoms with Gasteiger partial charge in [-0.2, -0.15) is 5.26 Å². The van der Waals surface area contributed by atoms with Crippen molar-refractivity contribution in [1.82, 2.24) is 5.32 Å². The van der Waals surface area contributed by atoms with E-state index in [-0.39, 0.29) is 23.9 Å². The van der Waals surface area contributed by atoms with E-state index >= 15 is 0 Å². The molecule has 2 rings (SSSR count). The van der Waals surface area contributed by atoms with Gasteiger partial charge in [-0.1, -0.05) is 19.1 Å². The van der Waals surface area contributed by atoms with Crippen molar-refractivity contribution in [3.63, 3.8) is 0 Å². The van der Waals surface area contributed by atoms with Crippen LogP contribution in [-0.2, 0) is 4.79 Å². The monoisotopic (exact) mass is 410 g/mol. The summed E-state index contributed by atoms with van der Waals surface area (Å²) < 4.78 is 0. The predicted molar refractivity (Wildman–Crippen MR) is 118 cm³/mol. The van der Waals surface area contributed by atoms with Crippen LogP contribution in [0.15, 0.2) is 53.4 Å². The zero-order valence-corrected chi connectivity index (χ0v) is 17.7. The Morgan fingerprint density at radius 1 is 1.10 bits per heavy atom. The number of nitrogens with zero attached hydrogens (tertiary/aromatic N) is 1. The first-order chi connectivity index (χ1) is 13.8. The zero-order chi connectivity index (χ0) is 21.3. The van der Waals surface area contributed by atoms with Gasteiger partial charge in [0.1, 0.15) is 0 Å². The molecule has 3 N–H and O–H groups in total. The van der Waals surface area contributed by atoms with Gasteiger partial charge >= 0.3 is 0 Å². The fraction of sp³-hybridized carbons (Fsp3) is 0.318. The van der Waals surface area contributed by atoms with Crippen LogP contribution in [0.4, 0.5) is 11.4 Å². The lowest BCUT2D eigenvalue weighted by Crippen LogP contribution is -2.42. The van der Waals surface area contributed by atoms with Crippen LogP contribution >= 0.6 is 11.8 Å². The molecule has 0 aliphatic heterocycles. The second kappa shape index (κ2) is 10.5. The third-order valence-electron chi connectivity index (χ3n) is 4.39. The number of para-hydroxylation sites is 1. The molecule has 2 aromatic carbocycles. The van der Waals surface area contributed by atoms with Crippen LogP contribution in [0.3, 0.4) is 0 Å². The molecule has 0 saturated heterocycles. The first-order valence-electron chi connectivity index (χ1n) is 9.39. The summed E-state index contributed by atoms with van der Waals surface area (Å²) in [6, 6.07) is 16.5. The summed E-state index contributed by atoms with van der Waals surface area (Å²) in [6.45, 7) is 6.08. The van der Waals surface area contributed by atoms with Gasteiger partial charge in [-0.3, -0.25) is 9.59 Å². The van der Waals surface area contributed by atoms with Gasteiger partial charge in [0, 0.05) is 21.7 Å². The number of carbonyl (C=O) groups excluding carboxylic acids is 2. The lowest BCUT2D eigenvalue weighted by Gasteiger charge is -2.24. The molecule has 0 saturated carbocycles. The highest BCUT2D eigenvalue weighted by molar-refractivity contribution is 7.99. The predicted octanol–water partition coefficient (Wildman–Crippen LogP) is 4.27. The lowest BCUT2D eigenvalue weighted by atomic mass is 10.0. The van der Waals surface area contributed by atoms with Crippen LogP contribution in [-0.4, -0.2) is 29.7 Å². The quantitative estimate of drug-likeness (QED) is 0.537. The van der Waals surface area contributed by atoms with Crippen LogP contribution < -0.4 is 16.0 Å². The van der Waals surface area contributed by atoms with Gasteiger partial charge in [0.25, 0.3) is 5.91 Å². The van der Waals surface area contributed by atoms with Crippen LogP contribution in [0.2, 0.25) is 0 Å². The molecule has 0 aromatic heterocycles. The Labute approximate surface area is 176 Å². The molecule has 0 spiro atoms. The van der Waals surface area contributed by atoms with Crippen molar-refractivity contribution in [2.24, 2.45) is 0 Å². The molecule has 0 unspecified atom stereocenters. The lowest BCUT2D eigenvalue weighted by molar-refractivity contribution is -0.114. The number of carbonyl (C=O) groups is 2. The number of nitrogens with one attached hydrogen (secondary N) is 3. The molecule has 0 atom stereocenters.